The summed E-state index contributed by atoms with van der Waals surface area (Å²) in [6.07, 6.45) is 3.03. The summed E-state index contributed by atoms with van der Waals surface area (Å²) in [5.74, 6) is -0.681. The lowest BCUT2D eigenvalue weighted by atomic mass is 10.3. The maximum absolute atomic E-state index is 13.2. The molecule has 0 unspecified atom stereocenters. The fraction of sp³-hybridized carbons (Fsp3) is 0.200. The van der Waals surface area contributed by atoms with Gasteiger partial charge in [-0.05, 0) is 38.1 Å². The molecule has 0 amide bonds. The Balaban J connectivity index is 1.95. The van der Waals surface area contributed by atoms with Gasteiger partial charge in [0.25, 0.3) is 10.0 Å². The average Bonchev–Trinajstić information content (AvgIpc) is 2.92. The van der Waals surface area contributed by atoms with Gasteiger partial charge in [0.05, 0.1) is 28.0 Å². The monoisotopic (exact) mass is 368 g/mol. The van der Waals surface area contributed by atoms with Crippen LogP contribution in [0.3, 0.4) is 0 Å². The summed E-state index contributed by atoms with van der Waals surface area (Å²) in [5.41, 5.74) is 0.948. The molecule has 9 heteroatoms. The number of nitrogens with one attached hydrogen (secondary N) is 1. The summed E-state index contributed by atoms with van der Waals surface area (Å²) in [7, 11) is -3.90. The Kier molecular flexibility index (Phi) is 4.18. The van der Waals surface area contributed by atoms with Crippen LogP contribution in [0.5, 0.6) is 0 Å². The van der Waals surface area contributed by atoms with Crippen molar-refractivity contribution in [2.24, 2.45) is 0 Å². The van der Waals surface area contributed by atoms with Gasteiger partial charge in [-0.3, -0.25) is 4.72 Å². The minimum Gasteiger partial charge on any atom is -0.278 e. The molecule has 3 aromatic rings. The van der Waals surface area contributed by atoms with E-state index in [1.54, 1.807) is 16.9 Å². The molecule has 0 saturated carbocycles. The van der Waals surface area contributed by atoms with Crippen molar-refractivity contribution >= 4 is 38.3 Å². The van der Waals surface area contributed by atoms with Crippen molar-refractivity contribution < 1.29 is 12.8 Å². The van der Waals surface area contributed by atoms with Crippen molar-refractivity contribution in [3.63, 3.8) is 0 Å². The molecule has 0 aliphatic rings. The first kappa shape index (κ1) is 16.7. The van der Waals surface area contributed by atoms with Crippen molar-refractivity contribution in [1.29, 1.82) is 0 Å². The van der Waals surface area contributed by atoms with E-state index in [0.29, 0.717) is 11.0 Å². The lowest BCUT2D eigenvalue weighted by Gasteiger charge is -2.09. The summed E-state index contributed by atoms with van der Waals surface area (Å²) in [4.78, 5) is 4.13. The molecule has 0 fully saturated rings. The Morgan fingerprint density at radius 2 is 2.00 bits per heavy atom. The highest BCUT2D eigenvalue weighted by atomic mass is 35.5. The number of nitrogens with zero attached hydrogens (tertiary/aromatic N) is 3. The summed E-state index contributed by atoms with van der Waals surface area (Å²) in [6, 6.07) is 4.98. The van der Waals surface area contributed by atoms with E-state index in [1.807, 2.05) is 13.8 Å². The molecule has 1 N–H and O–H groups in total. The first-order valence-corrected chi connectivity index (χ1v) is 8.95. The summed E-state index contributed by atoms with van der Waals surface area (Å²) in [5, 5.41) is 4.68. The third kappa shape index (κ3) is 3.07. The van der Waals surface area contributed by atoms with E-state index in [4.69, 9.17) is 11.6 Å². The van der Waals surface area contributed by atoms with E-state index < -0.39 is 15.8 Å². The summed E-state index contributed by atoms with van der Waals surface area (Å²) < 4.78 is 42.1. The lowest BCUT2D eigenvalue weighted by Crippen LogP contribution is -2.13. The van der Waals surface area contributed by atoms with Crippen LogP contribution in [0.2, 0.25) is 5.02 Å². The van der Waals surface area contributed by atoms with Crippen LogP contribution in [-0.4, -0.2) is 23.2 Å². The second-order valence-electron chi connectivity index (χ2n) is 5.50. The maximum Gasteiger partial charge on any atom is 0.261 e. The van der Waals surface area contributed by atoms with E-state index in [-0.39, 0.29) is 21.6 Å². The number of fused-ring (bicyclic) bond motifs is 1. The second-order valence-corrected chi connectivity index (χ2v) is 7.59. The molecular weight excluding hydrogens is 355 g/mol. The molecule has 0 radical (unpaired) electrons. The van der Waals surface area contributed by atoms with Crippen LogP contribution in [-0.2, 0) is 10.0 Å². The van der Waals surface area contributed by atoms with Gasteiger partial charge in [-0.2, -0.15) is 5.10 Å². The first-order chi connectivity index (χ1) is 11.3. The topological polar surface area (TPSA) is 76.9 Å². The van der Waals surface area contributed by atoms with Crippen LogP contribution >= 0.6 is 11.6 Å². The predicted molar refractivity (Wildman–Crippen MR) is 90.1 cm³/mol. The second kappa shape index (κ2) is 6.03. The van der Waals surface area contributed by atoms with Crippen molar-refractivity contribution in [2.45, 2.75) is 24.8 Å². The lowest BCUT2D eigenvalue weighted by molar-refractivity contribution is 0.546. The first-order valence-electron chi connectivity index (χ1n) is 7.09. The summed E-state index contributed by atoms with van der Waals surface area (Å²) in [6.45, 7) is 3.95. The van der Waals surface area contributed by atoms with E-state index in [1.165, 1.54) is 6.20 Å². The van der Waals surface area contributed by atoms with Gasteiger partial charge in [-0.1, -0.05) is 11.6 Å². The molecule has 126 valence electrons. The van der Waals surface area contributed by atoms with Crippen molar-refractivity contribution in [1.82, 2.24) is 14.8 Å². The molecule has 6 nitrogen and oxygen atoms in total. The molecule has 0 saturated heterocycles. The van der Waals surface area contributed by atoms with Crippen molar-refractivity contribution in [2.75, 3.05) is 4.72 Å². The van der Waals surface area contributed by atoms with Crippen LogP contribution in [0.1, 0.15) is 19.9 Å². The molecule has 24 heavy (non-hydrogen) atoms. The minimum absolute atomic E-state index is 0.133. The molecule has 0 aliphatic heterocycles. The molecule has 0 bridgehead atoms. The van der Waals surface area contributed by atoms with E-state index in [2.05, 4.69) is 14.8 Å². The number of benzene rings is 1. The van der Waals surface area contributed by atoms with E-state index in [9.17, 15) is 12.8 Å². The van der Waals surface area contributed by atoms with Crippen LogP contribution in [0.25, 0.3) is 11.0 Å². The number of halogens is 2. The standard InChI is InChI=1S/C15H14ClFN4O2S/c1-9(2)21-15-10(7-19-21)5-11(8-18-15)20-24(22,23)12-3-4-14(17)13(16)6-12/h3-9,20H,1-2H3. The zero-order valence-corrected chi connectivity index (χ0v) is 14.4. The number of aromatic nitrogens is 3. The van der Waals surface area contributed by atoms with Gasteiger partial charge in [0.2, 0.25) is 0 Å². The third-order valence-electron chi connectivity index (χ3n) is 3.38. The maximum atomic E-state index is 13.2. The van der Waals surface area contributed by atoms with Crippen LogP contribution in [0.4, 0.5) is 10.1 Å². The minimum atomic E-state index is -3.90. The normalized spacial score (nSPS) is 12.0. The highest BCUT2D eigenvalue weighted by Gasteiger charge is 2.17. The largest absolute Gasteiger partial charge is 0.278 e. The van der Waals surface area contributed by atoms with Gasteiger partial charge in [0, 0.05) is 11.4 Å². The van der Waals surface area contributed by atoms with Crippen molar-refractivity contribution in [3.05, 3.63) is 47.5 Å². The van der Waals surface area contributed by atoms with Gasteiger partial charge in [0.1, 0.15) is 5.82 Å². The van der Waals surface area contributed by atoms with Crippen LogP contribution in [0, 0.1) is 5.82 Å². The SMILES string of the molecule is CC(C)n1ncc2cc(NS(=O)(=O)c3ccc(F)c(Cl)c3)cnc21. The molecule has 2 heterocycles. The molecule has 1 aromatic carbocycles. The number of rotatable bonds is 4. The Morgan fingerprint density at radius 3 is 2.67 bits per heavy atom. The number of pyridine rings is 1. The molecule has 0 spiro atoms. The molecular formula is C15H14ClFN4O2S. The molecule has 3 rings (SSSR count). The smallest absolute Gasteiger partial charge is 0.261 e. The number of hydrogen-bond donors (Lipinski definition) is 1. The zero-order valence-electron chi connectivity index (χ0n) is 12.9. The van der Waals surface area contributed by atoms with Gasteiger partial charge in [-0.25, -0.2) is 22.5 Å². The van der Waals surface area contributed by atoms with Crippen LogP contribution in [0.15, 0.2) is 41.6 Å². The van der Waals surface area contributed by atoms with Crippen molar-refractivity contribution in [3.8, 4) is 0 Å². The van der Waals surface area contributed by atoms with E-state index >= 15 is 0 Å². The van der Waals surface area contributed by atoms with Gasteiger partial charge >= 0.3 is 0 Å². The third-order valence-corrected chi connectivity index (χ3v) is 5.04. The highest BCUT2D eigenvalue weighted by Crippen LogP contribution is 2.23. The van der Waals surface area contributed by atoms with Crippen LogP contribution < -0.4 is 4.72 Å². The summed E-state index contributed by atoms with van der Waals surface area (Å²) >= 11 is 5.64. The molecule has 2 aromatic heterocycles. The number of anilines is 1. The number of sulfonamides is 1. The Labute approximate surface area is 143 Å². The molecule has 0 atom stereocenters. The van der Waals surface area contributed by atoms with Gasteiger partial charge in [0.15, 0.2) is 5.65 Å². The fourth-order valence-corrected chi connectivity index (χ4v) is 3.54. The molecule has 0 aliphatic carbocycles. The predicted octanol–water partition coefficient (Wildman–Crippen LogP) is 3.61. The Morgan fingerprint density at radius 1 is 1.25 bits per heavy atom. The average molecular weight is 369 g/mol. The van der Waals surface area contributed by atoms with Gasteiger partial charge < -0.3 is 0 Å². The fourth-order valence-electron chi connectivity index (χ4n) is 2.23. The zero-order chi connectivity index (χ0) is 17.5. The van der Waals surface area contributed by atoms with Gasteiger partial charge in [-0.15, -0.1) is 0 Å². The Bertz CT molecular complexity index is 1020. The highest BCUT2D eigenvalue weighted by molar-refractivity contribution is 7.92. The quantitative estimate of drug-likeness (QED) is 0.763. The van der Waals surface area contributed by atoms with E-state index in [0.717, 1.165) is 18.2 Å². The Hall–Kier alpha value is -2.19. The number of hydrogen-bond acceptors (Lipinski definition) is 4.